The SMILES string of the molecule is COCCNC(c1nc(C(C)C)cs1)C1CCC(C)CC1. The van der Waals surface area contributed by atoms with Crippen LogP contribution in [0.5, 0.6) is 0 Å². The van der Waals surface area contributed by atoms with Crippen LogP contribution in [0.1, 0.15) is 69.1 Å². The number of nitrogens with zero attached hydrogens (tertiary/aromatic N) is 1. The molecule has 120 valence electrons. The van der Waals surface area contributed by atoms with Gasteiger partial charge in [-0.3, -0.25) is 0 Å². The molecule has 2 rings (SSSR count). The van der Waals surface area contributed by atoms with Crippen molar-refractivity contribution in [2.24, 2.45) is 11.8 Å². The van der Waals surface area contributed by atoms with Gasteiger partial charge in [-0.05, 0) is 30.6 Å². The zero-order valence-corrected chi connectivity index (χ0v) is 14.7. The van der Waals surface area contributed by atoms with Gasteiger partial charge in [-0.25, -0.2) is 4.98 Å². The van der Waals surface area contributed by atoms with Crippen molar-refractivity contribution in [2.75, 3.05) is 20.3 Å². The normalized spacial score (nSPS) is 24.4. The van der Waals surface area contributed by atoms with E-state index in [4.69, 9.17) is 9.72 Å². The van der Waals surface area contributed by atoms with Crippen LogP contribution >= 0.6 is 11.3 Å². The molecule has 1 fully saturated rings. The molecule has 0 amide bonds. The highest BCUT2D eigenvalue weighted by Crippen LogP contribution is 2.38. The number of thiazole rings is 1. The summed E-state index contributed by atoms with van der Waals surface area (Å²) in [6.07, 6.45) is 5.36. The van der Waals surface area contributed by atoms with Crippen LogP contribution in [0.2, 0.25) is 0 Å². The second kappa shape index (κ2) is 8.25. The molecule has 0 aromatic carbocycles. The fourth-order valence-electron chi connectivity index (χ4n) is 3.10. The van der Waals surface area contributed by atoms with E-state index in [-0.39, 0.29) is 0 Å². The topological polar surface area (TPSA) is 34.1 Å². The van der Waals surface area contributed by atoms with Crippen molar-refractivity contribution in [3.63, 3.8) is 0 Å². The van der Waals surface area contributed by atoms with Crippen LogP contribution in [-0.4, -0.2) is 25.2 Å². The number of methoxy groups -OCH3 is 1. The predicted molar refractivity (Wildman–Crippen MR) is 89.9 cm³/mol. The van der Waals surface area contributed by atoms with Crippen molar-refractivity contribution in [1.82, 2.24) is 10.3 Å². The average Bonchev–Trinajstić information content (AvgIpc) is 2.95. The molecule has 1 aliphatic carbocycles. The van der Waals surface area contributed by atoms with Gasteiger partial charge in [0, 0.05) is 19.0 Å². The van der Waals surface area contributed by atoms with Crippen molar-refractivity contribution < 1.29 is 4.74 Å². The number of hydrogen-bond donors (Lipinski definition) is 1. The van der Waals surface area contributed by atoms with Crippen LogP contribution in [0.15, 0.2) is 5.38 Å². The molecular formula is C17H30N2OS. The Kier molecular flexibility index (Phi) is 6.65. The number of rotatable bonds is 7. The molecule has 1 unspecified atom stereocenters. The van der Waals surface area contributed by atoms with Gasteiger partial charge in [0.25, 0.3) is 0 Å². The highest BCUT2D eigenvalue weighted by Gasteiger charge is 2.29. The fraction of sp³-hybridized carbons (Fsp3) is 0.824. The molecule has 1 atom stereocenters. The number of ether oxygens (including phenoxy) is 1. The first kappa shape index (κ1) is 16.9. The first-order valence-corrected chi connectivity index (χ1v) is 9.17. The van der Waals surface area contributed by atoms with E-state index in [0.29, 0.717) is 12.0 Å². The van der Waals surface area contributed by atoms with Gasteiger partial charge in [-0.1, -0.05) is 33.6 Å². The molecule has 1 aromatic rings. The second-order valence-corrected chi connectivity index (χ2v) is 7.60. The highest BCUT2D eigenvalue weighted by molar-refractivity contribution is 7.09. The molecule has 1 aliphatic rings. The van der Waals surface area contributed by atoms with Crippen molar-refractivity contribution >= 4 is 11.3 Å². The zero-order chi connectivity index (χ0) is 15.2. The number of hydrogen-bond acceptors (Lipinski definition) is 4. The van der Waals surface area contributed by atoms with Crippen LogP contribution in [0.25, 0.3) is 0 Å². The standard InChI is InChI=1S/C17H30N2OS/c1-12(2)15-11-21-17(19-15)16(18-9-10-20-4)14-7-5-13(3)6-8-14/h11-14,16,18H,5-10H2,1-4H3. The summed E-state index contributed by atoms with van der Waals surface area (Å²) < 4.78 is 5.20. The summed E-state index contributed by atoms with van der Waals surface area (Å²) >= 11 is 1.82. The van der Waals surface area contributed by atoms with E-state index in [1.54, 1.807) is 7.11 Å². The first-order chi connectivity index (χ1) is 10.1. The Morgan fingerprint density at radius 3 is 2.62 bits per heavy atom. The quantitative estimate of drug-likeness (QED) is 0.759. The average molecular weight is 311 g/mol. The summed E-state index contributed by atoms with van der Waals surface area (Å²) in [7, 11) is 1.76. The number of aromatic nitrogens is 1. The Morgan fingerprint density at radius 1 is 1.33 bits per heavy atom. The number of nitrogens with one attached hydrogen (secondary N) is 1. The van der Waals surface area contributed by atoms with Crippen molar-refractivity contribution in [2.45, 2.75) is 58.4 Å². The van der Waals surface area contributed by atoms with Crippen molar-refractivity contribution in [3.8, 4) is 0 Å². The van der Waals surface area contributed by atoms with Crippen LogP contribution in [0.4, 0.5) is 0 Å². The van der Waals surface area contributed by atoms with E-state index in [1.807, 2.05) is 11.3 Å². The van der Waals surface area contributed by atoms with Crippen molar-refractivity contribution in [1.29, 1.82) is 0 Å². The third-order valence-electron chi connectivity index (χ3n) is 4.60. The molecule has 1 heterocycles. The van der Waals surface area contributed by atoms with Crippen LogP contribution < -0.4 is 5.32 Å². The Bertz CT molecular complexity index is 411. The van der Waals surface area contributed by atoms with Gasteiger partial charge in [-0.15, -0.1) is 11.3 Å². The molecule has 0 radical (unpaired) electrons. The van der Waals surface area contributed by atoms with E-state index >= 15 is 0 Å². The maximum atomic E-state index is 5.20. The molecule has 0 aliphatic heterocycles. The third kappa shape index (κ3) is 4.76. The Balaban J connectivity index is 2.06. The van der Waals surface area contributed by atoms with Gasteiger partial charge < -0.3 is 10.1 Å². The minimum absolute atomic E-state index is 0.408. The van der Waals surface area contributed by atoms with Crippen LogP contribution in [-0.2, 0) is 4.74 Å². The molecular weight excluding hydrogens is 280 g/mol. The molecule has 0 spiro atoms. The minimum atomic E-state index is 0.408. The smallest absolute Gasteiger partial charge is 0.110 e. The maximum absolute atomic E-state index is 5.20. The molecule has 1 aromatic heterocycles. The van der Waals surface area contributed by atoms with Gasteiger partial charge in [0.1, 0.15) is 5.01 Å². The molecule has 0 bridgehead atoms. The van der Waals surface area contributed by atoms with Crippen LogP contribution in [0.3, 0.4) is 0 Å². The third-order valence-corrected chi connectivity index (χ3v) is 5.55. The lowest BCUT2D eigenvalue weighted by Gasteiger charge is -2.32. The Morgan fingerprint density at radius 2 is 2.05 bits per heavy atom. The Hall–Kier alpha value is -0.450. The second-order valence-electron chi connectivity index (χ2n) is 6.71. The molecule has 21 heavy (non-hydrogen) atoms. The lowest BCUT2D eigenvalue weighted by Crippen LogP contribution is -2.32. The van der Waals surface area contributed by atoms with E-state index in [0.717, 1.165) is 25.0 Å². The minimum Gasteiger partial charge on any atom is -0.383 e. The molecule has 3 nitrogen and oxygen atoms in total. The highest BCUT2D eigenvalue weighted by atomic mass is 32.1. The van der Waals surface area contributed by atoms with Crippen molar-refractivity contribution in [3.05, 3.63) is 16.1 Å². The van der Waals surface area contributed by atoms with E-state index < -0.39 is 0 Å². The van der Waals surface area contributed by atoms with E-state index in [9.17, 15) is 0 Å². The maximum Gasteiger partial charge on any atom is 0.110 e. The summed E-state index contributed by atoms with van der Waals surface area (Å²) in [5.74, 6) is 2.13. The summed E-state index contributed by atoms with van der Waals surface area (Å²) in [5, 5.41) is 7.20. The fourth-order valence-corrected chi connectivity index (χ4v) is 4.25. The largest absolute Gasteiger partial charge is 0.383 e. The summed E-state index contributed by atoms with van der Waals surface area (Å²) in [4.78, 5) is 4.90. The summed E-state index contributed by atoms with van der Waals surface area (Å²) in [6.45, 7) is 8.48. The van der Waals surface area contributed by atoms with E-state index in [2.05, 4.69) is 31.5 Å². The monoisotopic (exact) mass is 310 g/mol. The summed E-state index contributed by atoms with van der Waals surface area (Å²) in [5.41, 5.74) is 1.23. The van der Waals surface area contributed by atoms with Gasteiger partial charge in [-0.2, -0.15) is 0 Å². The van der Waals surface area contributed by atoms with Gasteiger partial charge in [0.15, 0.2) is 0 Å². The van der Waals surface area contributed by atoms with Gasteiger partial charge in [0.05, 0.1) is 18.3 Å². The first-order valence-electron chi connectivity index (χ1n) is 8.29. The lowest BCUT2D eigenvalue weighted by molar-refractivity contribution is 0.179. The zero-order valence-electron chi connectivity index (χ0n) is 13.9. The van der Waals surface area contributed by atoms with Gasteiger partial charge >= 0.3 is 0 Å². The van der Waals surface area contributed by atoms with E-state index in [1.165, 1.54) is 36.4 Å². The molecule has 1 saturated carbocycles. The molecule has 1 N–H and O–H groups in total. The molecule has 0 saturated heterocycles. The molecule has 4 heteroatoms. The van der Waals surface area contributed by atoms with Gasteiger partial charge in [0.2, 0.25) is 0 Å². The summed E-state index contributed by atoms with van der Waals surface area (Å²) in [6, 6.07) is 0.408. The van der Waals surface area contributed by atoms with Crippen LogP contribution in [0, 0.1) is 11.8 Å². The Labute approximate surface area is 133 Å². The predicted octanol–water partition coefficient (Wildman–Crippen LogP) is 4.37. The lowest BCUT2D eigenvalue weighted by atomic mass is 9.79.